The van der Waals surface area contributed by atoms with Gasteiger partial charge in [0.15, 0.2) is 0 Å². The number of benzene rings is 2. The Morgan fingerprint density at radius 2 is 1.64 bits per heavy atom. The Hall–Kier alpha value is -3.13. The van der Waals surface area contributed by atoms with E-state index in [-0.39, 0.29) is 24.1 Å². The van der Waals surface area contributed by atoms with Crippen molar-refractivity contribution in [1.82, 2.24) is 9.80 Å². The van der Waals surface area contributed by atoms with Crippen molar-refractivity contribution >= 4 is 23.2 Å². The zero-order valence-electron chi connectivity index (χ0n) is 20.7. The molecule has 0 aliphatic carbocycles. The molecule has 0 radical (unpaired) electrons. The summed E-state index contributed by atoms with van der Waals surface area (Å²) in [6.45, 7) is 7.80. The molecule has 36 heavy (non-hydrogen) atoms. The smallest absolute Gasteiger partial charge is 0.330 e. The lowest BCUT2D eigenvalue weighted by Crippen LogP contribution is -2.52. The number of fused-ring (bicyclic) bond motifs is 1. The summed E-state index contributed by atoms with van der Waals surface area (Å²) < 4.78 is 38.9. The van der Waals surface area contributed by atoms with Gasteiger partial charge in [-0.1, -0.05) is 29.8 Å². The van der Waals surface area contributed by atoms with Gasteiger partial charge in [0.2, 0.25) is 5.91 Å². The van der Waals surface area contributed by atoms with Gasteiger partial charge in [-0.2, -0.15) is 13.2 Å². The van der Waals surface area contributed by atoms with Crippen molar-refractivity contribution in [3.63, 3.8) is 0 Å². The first kappa shape index (κ1) is 25.9. The van der Waals surface area contributed by atoms with Crippen LogP contribution in [0.1, 0.15) is 64.3 Å². The first-order valence-corrected chi connectivity index (χ1v) is 12.7. The minimum Gasteiger partial charge on any atom is -0.330 e. The Balaban J connectivity index is 1.62. The van der Waals surface area contributed by atoms with Crippen LogP contribution in [0.15, 0.2) is 60.0 Å². The molecule has 1 aliphatic rings. The third-order valence-electron chi connectivity index (χ3n) is 6.49. The number of rotatable bonds is 4. The summed E-state index contributed by atoms with van der Waals surface area (Å²) in [5, 5.41) is 2.04. The maximum atomic E-state index is 13.7. The maximum absolute atomic E-state index is 13.7. The highest BCUT2D eigenvalue weighted by atomic mass is 32.1. The molecule has 2 heterocycles. The summed E-state index contributed by atoms with van der Waals surface area (Å²) in [4.78, 5) is 31.6. The van der Waals surface area contributed by atoms with Crippen molar-refractivity contribution < 1.29 is 22.8 Å². The molecule has 0 saturated heterocycles. The Morgan fingerprint density at radius 3 is 2.22 bits per heavy atom. The number of aryl methyl sites for hydroxylation is 1. The van der Waals surface area contributed by atoms with Crippen molar-refractivity contribution in [1.29, 1.82) is 0 Å². The average molecular weight is 515 g/mol. The van der Waals surface area contributed by atoms with Crippen LogP contribution in [0, 0.1) is 6.92 Å². The van der Waals surface area contributed by atoms with Gasteiger partial charge < -0.3 is 9.80 Å². The molecule has 2 amide bonds. The van der Waals surface area contributed by atoms with E-state index in [4.69, 9.17) is 0 Å². The zero-order valence-corrected chi connectivity index (χ0v) is 21.5. The number of carbonyl (C=O) groups is 2. The predicted octanol–water partition coefficient (Wildman–Crippen LogP) is 6.49. The Labute approximate surface area is 213 Å². The van der Waals surface area contributed by atoms with E-state index in [1.807, 2.05) is 62.2 Å². The fraction of sp³-hybridized carbons (Fsp3) is 0.357. The Kier molecular flexibility index (Phi) is 7.01. The highest BCUT2D eigenvalue weighted by molar-refractivity contribution is 7.10. The van der Waals surface area contributed by atoms with E-state index < -0.39 is 23.2 Å². The molecule has 8 heteroatoms. The van der Waals surface area contributed by atoms with Crippen LogP contribution in [0.2, 0.25) is 0 Å². The predicted molar refractivity (Wildman–Crippen MR) is 135 cm³/mol. The van der Waals surface area contributed by atoms with Crippen LogP contribution >= 0.6 is 11.3 Å². The molecule has 0 bridgehead atoms. The molecule has 1 aliphatic heterocycles. The molecule has 0 fully saturated rings. The second-order valence-corrected chi connectivity index (χ2v) is 11.1. The zero-order chi connectivity index (χ0) is 26.3. The van der Waals surface area contributed by atoms with Crippen LogP contribution in [-0.2, 0) is 17.4 Å². The molecule has 0 saturated carbocycles. The summed E-state index contributed by atoms with van der Waals surface area (Å²) in [6.07, 6.45) is -3.75. The Bertz CT molecular complexity index is 1240. The van der Waals surface area contributed by atoms with Gasteiger partial charge in [0, 0.05) is 22.5 Å². The number of hydrogen-bond donors (Lipinski definition) is 0. The van der Waals surface area contributed by atoms with Crippen LogP contribution < -0.4 is 0 Å². The number of nitrogens with zero attached hydrogens (tertiary/aromatic N) is 2. The highest BCUT2D eigenvalue weighted by Crippen LogP contribution is 2.38. The Morgan fingerprint density at radius 1 is 1.00 bits per heavy atom. The van der Waals surface area contributed by atoms with E-state index >= 15 is 0 Å². The SMILES string of the molecule is Cc1ccc(C2c3ccsc3CCN2C(=O)CN(C(=O)c2ccc(C(F)(F)F)cc2)C(C)(C)C)cc1. The van der Waals surface area contributed by atoms with Crippen molar-refractivity contribution in [3.05, 3.63) is 92.7 Å². The number of halogens is 3. The van der Waals surface area contributed by atoms with Gasteiger partial charge in [0.25, 0.3) is 5.91 Å². The number of alkyl halides is 3. The minimum absolute atomic E-state index is 0.111. The lowest BCUT2D eigenvalue weighted by atomic mass is 9.92. The maximum Gasteiger partial charge on any atom is 0.416 e. The molecule has 1 atom stereocenters. The average Bonchev–Trinajstić information content (AvgIpc) is 3.30. The number of carbonyl (C=O) groups excluding carboxylic acids is 2. The number of thiophene rings is 1. The lowest BCUT2D eigenvalue weighted by molar-refractivity contribution is -0.137. The third kappa shape index (κ3) is 5.33. The molecule has 0 spiro atoms. The molecule has 4 rings (SSSR count). The van der Waals surface area contributed by atoms with Crippen LogP contribution in [0.3, 0.4) is 0 Å². The fourth-order valence-electron chi connectivity index (χ4n) is 4.49. The standard InChI is InChI=1S/C28H29F3N2O2S/c1-18-5-7-19(8-6-18)25-22-14-16-36-23(22)13-15-32(25)24(34)17-33(27(2,3)4)26(35)20-9-11-21(12-10-20)28(29,30)31/h5-12,14,16,25H,13,15,17H2,1-4H3. The second-order valence-electron chi connectivity index (χ2n) is 10.1. The van der Waals surface area contributed by atoms with Gasteiger partial charge in [0.05, 0.1) is 11.6 Å². The topological polar surface area (TPSA) is 40.6 Å². The van der Waals surface area contributed by atoms with Gasteiger partial charge in [-0.25, -0.2) is 0 Å². The molecule has 1 aromatic heterocycles. The third-order valence-corrected chi connectivity index (χ3v) is 7.48. The molecular formula is C28H29F3N2O2S. The van der Waals surface area contributed by atoms with Gasteiger partial charge in [-0.05, 0) is 81.0 Å². The second kappa shape index (κ2) is 9.73. The van der Waals surface area contributed by atoms with Crippen LogP contribution in [0.4, 0.5) is 13.2 Å². The molecule has 1 unspecified atom stereocenters. The van der Waals surface area contributed by atoms with Gasteiger partial charge in [0.1, 0.15) is 6.54 Å². The molecule has 2 aromatic carbocycles. The van der Waals surface area contributed by atoms with Gasteiger partial charge >= 0.3 is 6.18 Å². The summed E-state index contributed by atoms with van der Waals surface area (Å²) in [7, 11) is 0. The molecule has 0 N–H and O–H groups in total. The lowest BCUT2D eigenvalue weighted by Gasteiger charge is -2.40. The van der Waals surface area contributed by atoms with Crippen molar-refractivity contribution in [2.24, 2.45) is 0 Å². The van der Waals surface area contributed by atoms with E-state index in [9.17, 15) is 22.8 Å². The summed E-state index contributed by atoms with van der Waals surface area (Å²) >= 11 is 1.68. The molecule has 190 valence electrons. The molecule has 3 aromatic rings. The van der Waals surface area contributed by atoms with E-state index in [1.54, 1.807) is 11.3 Å². The summed E-state index contributed by atoms with van der Waals surface area (Å²) in [5.74, 6) is -0.683. The van der Waals surface area contributed by atoms with Crippen LogP contribution in [-0.4, -0.2) is 40.2 Å². The number of hydrogen-bond acceptors (Lipinski definition) is 3. The number of amides is 2. The van der Waals surface area contributed by atoms with E-state index in [2.05, 4.69) is 6.07 Å². The largest absolute Gasteiger partial charge is 0.416 e. The molecular weight excluding hydrogens is 485 g/mol. The first-order chi connectivity index (χ1) is 16.9. The normalized spacial score (nSPS) is 16.0. The van der Waals surface area contributed by atoms with Crippen LogP contribution in [0.5, 0.6) is 0 Å². The first-order valence-electron chi connectivity index (χ1n) is 11.8. The van der Waals surface area contributed by atoms with Crippen LogP contribution in [0.25, 0.3) is 0 Å². The van der Waals surface area contributed by atoms with Crippen molar-refractivity contribution in [2.45, 2.75) is 51.9 Å². The van der Waals surface area contributed by atoms with Crippen molar-refractivity contribution in [2.75, 3.05) is 13.1 Å². The summed E-state index contributed by atoms with van der Waals surface area (Å²) in [5.41, 5.74) is 1.79. The minimum atomic E-state index is -4.49. The summed E-state index contributed by atoms with van der Waals surface area (Å²) in [6, 6.07) is 14.0. The van der Waals surface area contributed by atoms with E-state index in [1.165, 1.54) is 21.9 Å². The fourth-order valence-corrected chi connectivity index (χ4v) is 5.39. The molecule has 4 nitrogen and oxygen atoms in total. The van der Waals surface area contributed by atoms with E-state index in [0.29, 0.717) is 6.54 Å². The van der Waals surface area contributed by atoms with E-state index in [0.717, 1.165) is 35.2 Å². The highest BCUT2D eigenvalue weighted by Gasteiger charge is 2.37. The van der Waals surface area contributed by atoms with Gasteiger partial charge in [-0.15, -0.1) is 11.3 Å². The monoisotopic (exact) mass is 514 g/mol. The van der Waals surface area contributed by atoms with Gasteiger partial charge in [-0.3, -0.25) is 9.59 Å². The quantitative estimate of drug-likeness (QED) is 0.399. The van der Waals surface area contributed by atoms with Crippen molar-refractivity contribution in [3.8, 4) is 0 Å².